The highest BCUT2D eigenvalue weighted by atomic mass is 32.2. The molecule has 3 heterocycles. The minimum absolute atomic E-state index is 0.0514. The van der Waals surface area contributed by atoms with Crippen LogP contribution in [0.15, 0.2) is 47.3 Å². The van der Waals surface area contributed by atoms with Crippen molar-refractivity contribution >= 4 is 38.5 Å². The van der Waals surface area contributed by atoms with Gasteiger partial charge in [0.2, 0.25) is 0 Å². The molecular formula is C20H19NO4S3. The van der Waals surface area contributed by atoms with E-state index in [0.29, 0.717) is 17.7 Å². The van der Waals surface area contributed by atoms with Crippen LogP contribution in [0.25, 0.3) is 21.7 Å². The summed E-state index contributed by atoms with van der Waals surface area (Å²) in [7, 11) is -3.52. The Bertz CT molecular complexity index is 1080. The van der Waals surface area contributed by atoms with E-state index in [4.69, 9.17) is 0 Å². The maximum atomic E-state index is 12.9. The van der Waals surface area contributed by atoms with E-state index in [1.807, 2.05) is 35.7 Å². The second-order valence-electron chi connectivity index (χ2n) is 6.96. The smallest absolute Gasteiger partial charge is 0.305 e. The van der Waals surface area contributed by atoms with Gasteiger partial charge in [0.15, 0.2) is 9.84 Å². The molecule has 1 saturated heterocycles. The maximum Gasteiger partial charge on any atom is 0.305 e. The minimum Gasteiger partial charge on any atom is -0.481 e. The van der Waals surface area contributed by atoms with Gasteiger partial charge in [-0.3, -0.25) is 4.79 Å². The Kier molecular flexibility index (Phi) is 5.11. The van der Waals surface area contributed by atoms with E-state index in [2.05, 4.69) is 4.98 Å². The number of carbonyl (C=O) groups is 1. The van der Waals surface area contributed by atoms with Crippen LogP contribution in [0.4, 0.5) is 0 Å². The first-order valence-corrected chi connectivity index (χ1v) is 12.4. The van der Waals surface area contributed by atoms with Gasteiger partial charge in [0.05, 0.1) is 23.4 Å². The van der Waals surface area contributed by atoms with Gasteiger partial charge in [-0.2, -0.15) is 0 Å². The first-order valence-electron chi connectivity index (χ1n) is 8.95. The molecule has 3 aromatic rings. The monoisotopic (exact) mass is 433 g/mol. The third-order valence-corrected chi connectivity index (χ3v) is 9.87. The number of aromatic nitrogens is 1. The highest BCUT2D eigenvalue weighted by Gasteiger charge is 2.49. The van der Waals surface area contributed by atoms with Gasteiger partial charge < -0.3 is 5.11 Å². The van der Waals surface area contributed by atoms with Crippen molar-refractivity contribution in [1.29, 1.82) is 0 Å². The minimum atomic E-state index is -3.52. The Balaban J connectivity index is 1.70. The fraction of sp³-hybridized carbons (Fsp3) is 0.300. The fourth-order valence-electron chi connectivity index (χ4n) is 3.76. The quantitative estimate of drug-likeness (QED) is 0.624. The van der Waals surface area contributed by atoms with Crippen molar-refractivity contribution in [2.75, 3.05) is 5.75 Å². The molecule has 0 radical (unpaired) electrons. The summed E-state index contributed by atoms with van der Waals surface area (Å²) in [6.07, 6.45) is 1.31. The van der Waals surface area contributed by atoms with E-state index in [-0.39, 0.29) is 12.2 Å². The molecule has 0 amide bonds. The molecule has 1 aromatic carbocycles. The molecule has 2 aromatic heterocycles. The Morgan fingerprint density at radius 2 is 1.86 bits per heavy atom. The van der Waals surface area contributed by atoms with Crippen molar-refractivity contribution in [2.45, 2.75) is 30.4 Å². The number of aliphatic carboxylic acids is 1. The molecule has 0 spiro atoms. The Labute approximate surface area is 171 Å². The molecule has 8 heteroatoms. The third-order valence-electron chi connectivity index (χ3n) is 5.23. The normalized spacial score (nSPS) is 21.4. The number of benzene rings is 1. The number of sulfone groups is 1. The van der Waals surface area contributed by atoms with Crippen LogP contribution in [0.3, 0.4) is 0 Å². The molecule has 1 aliphatic rings. The van der Waals surface area contributed by atoms with Crippen LogP contribution in [0.5, 0.6) is 0 Å². The topological polar surface area (TPSA) is 84.3 Å². The summed E-state index contributed by atoms with van der Waals surface area (Å²) in [5, 5.41) is 11.4. The standard InChI is InChI=1S/C20H19NO4S3/c22-19(23)11-20(9-1-2-10-28(20,24)25)18-8-7-17(27-18)15-5-3-14(4-6-15)16-12-26-13-21-16/h3-8,12-13H,1-2,9-11H2,(H,22,23)/t20-/m0/s1. The number of carboxylic acid groups (broad SMARTS) is 1. The second kappa shape index (κ2) is 7.42. The van der Waals surface area contributed by atoms with E-state index in [9.17, 15) is 18.3 Å². The van der Waals surface area contributed by atoms with Crippen LogP contribution >= 0.6 is 22.7 Å². The van der Waals surface area contributed by atoms with Gasteiger partial charge in [-0.05, 0) is 30.5 Å². The number of carboxylic acids is 1. The fourth-order valence-corrected chi connectivity index (χ4v) is 8.10. The van der Waals surface area contributed by atoms with Crippen LogP contribution in [-0.4, -0.2) is 30.2 Å². The zero-order valence-corrected chi connectivity index (χ0v) is 17.4. The van der Waals surface area contributed by atoms with Gasteiger partial charge in [-0.1, -0.05) is 30.7 Å². The number of nitrogens with zero attached hydrogens (tertiary/aromatic N) is 1. The summed E-state index contributed by atoms with van der Waals surface area (Å²) in [6, 6.07) is 11.7. The summed E-state index contributed by atoms with van der Waals surface area (Å²) in [5.74, 6) is -1.02. The van der Waals surface area contributed by atoms with Gasteiger partial charge in [-0.25, -0.2) is 13.4 Å². The number of hydrogen-bond acceptors (Lipinski definition) is 6. The van der Waals surface area contributed by atoms with Gasteiger partial charge >= 0.3 is 5.97 Å². The molecule has 1 aliphatic heterocycles. The van der Waals surface area contributed by atoms with Gasteiger partial charge in [0.25, 0.3) is 0 Å². The number of thiazole rings is 1. The van der Waals surface area contributed by atoms with E-state index in [1.165, 1.54) is 11.3 Å². The van der Waals surface area contributed by atoms with Crippen LogP contribution in [-0.2, 0) is 19.4 Å². The highest BCUT2D eigenvalue weighted by molar-refractivity contribution is 7.92. The second-order valence-corrected chi connectivity index (χ2v) is 11.2. The molecule has 4 rings (SSSR count). The number of thiophene rings is 1. The number of rotatable bonds is 5. The predicted molar refractivity (Wildman–Crippen MR) is 112 cm³/mol. The van der Waals surface area contributed by atoms with Crippen LogP contribution < -0.4 is 0 Å². The lowest BCUT2D eigenvalue weighted by Gasteiger charge is -2.34. The number of hydrogen-bond donors (Lipinski definition) is 1. The van der Waals surface area contributed by atoms with E-state index < -0.39 is 20.6 Å². The molecule has 0 unspecified atom stereocenters. The van der Waals surface area contributed by atoms with Crippen LogP contribution in [0.2, 0.25) is 0 Å². The molecule has 5 nitrogen and oxygen atoms in total. The lowest BCUT2D eigenvalue weighted by atomic mass is 9.95. The van der Waals surface area contributed by atoms with Crippen LogP contribution in [0.1, 0.15) is 30.6 Å². The first-order chi connectivity index (χ1) is 13.4. The summed E-state index contributed by atoms with van der Waals surface area (Å²) in [5.41, 5.74) is 4.73. The summed E-state index contributed by atoms with van der Waals surface area (Å²) in [4.78, 5) is 17.4. The molecule has 28 heavy (non-hydrogen) atoms. The molecular weight excluding hydrogens is 414 g/mol. The van der Waals surface area contributed by atoms with Crippen molar-refractivity contribution < 1.29 is 18.3 Å². The molecule has 1 N–H and O–H groups in total. The average Bonchev–Trinajstić information content (AvgIpc) is 3.35. The molecule has 0 aliphatic carbocycles. The van der Waals surface area contributed by atoms with E-state index in [0.717, 1.165) is 28.1 Å². The van der Waals surface area contributed by atoms with E-state index >= 15 is 0 Å². The van der Waals surface area contributed by atoms with E-state index in [1.54, 1.807) is 22.9 Å². The van der Waals surface area contributed by atoms with Crippen molar-refractivity contribution in [1.82, 2.24) is 4.98 Å². The summed E-state index contributed by atoms with van der Waals surface area (Å²) >= 11 is 2.93. The molecule has 1 fully saturated rings. The lowest BCUT2D eigenvalue weighted by molar-refractivity contribution is -0.137. The van der Waals surface area contributed by atoms with Crippen LogP contribution in [0, 0.1) is 0 Å². The Morgan fingerprint density at radius 3 is 2.50 bits per heavy atom. The van der Waals surface area contributed by atoms with Gasteiger partial charge in [-0.15, -0.1) is 22.7 Å². The third kappa shape index (κ3) is 3.40. The van der Waals surface area contributed by atoms with Crippen molar-refractivity contribution in [3.63, 3.8) is 0 Å². The lowest BCUT2D eigenvalue weighted by Crippen LogP contribution is -2.41. The van der Waals surface area contributed by atoms with Crippen molar-refractivity contribution in [3.05, 3.63) is 52.2 Å². The average molecular weight is 434 g/mol. The molecule has 0 saturated carbocycles. The molecule has 146 valence electrons. The maximum absolute atomic E-state index is 12.9. The van der Waals surface area contributed by atoms with Crippen molar-refractivity contribution in [2.24, 2.45) is 0 Å². The molecule has 1 atom stereocenters. The summed E-state index contributed by atoms with van der Waals surface area (Å²) < 4.78 is 24.5. The predicted octanol–water partition coefficient (Wildman–Crippen LogP) is 4.81. The van der Waals surface area contributed by atoms with Gasteiger partial charge in [0, 0.05) is 20.7 Å². The highest BCUT2D eigenvalue weighted by Crippen LogP contribution is 2.47. The summed E-state index contributed by atoms with van der Waals surface area (Å²) in [6.45, 7) is 0. The largest absolute Gasteiger partial charge is 0.481 e. The Morgan fingerprint density at radius 1 is 1.11 bits per heavy atom. The zero-order chi connectivity index (χ0) is 19.8. The van der Waals surface area contributed by atoms with Crippen molar-refractivity contribution in [3.8, 4) is 21.7 Å². The first kappa shape index (κ1) is 19.3. The Hall–Kier alpha value is -2.03. The molecule has 0 bridgehead atoms. The zero-order valence-electron chi connectivity index (χ0n) is 15.0. The van der Waals surface area contributed by atoms with Gasteiger partial charge in [0.1, 0.15) is 4.75 Å². The SMILES string of the molecule is O=C(O)C[C@]1(c2ccc(-c3ccc(-c4cscn4)cc3)s2)CCCCS1(=O)=O.